The number of halogens is 3. The van der Waals surface area contributed by atoms with Gasteiger partial charge < -0.3 is 9.84 Å². The van der Waals surface area contributed by atoms with Gasteiger partial charge in [0, 0.05) is 18.6 Å². The van der Waals surface area contributed by atoms with Crippen LogP contribution >= 0.6 is 0 Å². The number of ether oxygens (including phenoxy) is 1. The Hall–Kier alpha value is -1.65. The van der Waals surface area contributed by atoms with Crippen LogP contribution in [-0.2, 0) is 19.6 Å². The van der Waals surface area contributed by atoms with Gasteiger partial charge in [0.05, 0.1) is 6.61 Å². The van der Waals surface area contributed by atoms with Crippen molar-refractivity contribution in [3.8, 4) is 0 Å². The molecule has 1 aliphatic rings. The molecule has 1 fully saturated rings. The van der Waals surface area contributed by atoms with Gasteiger partial charge in [0.15, 0.2) is 5.54 Å². The van der Waals surface area contributed by atoms with Crippen LogP contribution in [0.1, 0.15) is 18.4 Å². The van der Waals surface area contributed by atoms with Gasteiger partial charge in [-0.3, -0.25) is 4.79 Å². The Bertz CT molecular complexity index is 686. The Kier molecular flexibility index (Phi) is 4.45. The number of carboxylic acids is 1. The third-order valence-electron chi connectivity index (χ3n) is 3.26. The number of hydrogen-bond acceptors (Lipinski definition) is 4. The number of alkyl halides is 2. The fourth-order valence-electron chi connectivity index (χ4n) is 2.03. The highest BCUT2D eigenvalue weighted by Gasteiger charge is 2.46. The van der Waals surface area contributed by atoms with Gasteiger partial charge in [-0.25, -0.2) is 21.6 Å². The summed E-state index contributed by atoms with van der Waals surface area (Å²) < 4.78 is 70.0. The van der Waals surface area contributed by atoms with Crippen LogP contribution in [0.3, 0.4) is 0 Å². The van der Waals surface area contributed by atoms with Gasteiger partial charge in [-0.05, 0) is 12.1 Å². The summed E-state index contributed by atoms with van der Waals surface area (Å²) in [5.74, 6) is -2.74. The van der Waals surface area contributed by atoms with Crippen LogP contribution in [0.25, 0.3) is 0 Å². The fraction of sp³-hybridized carbons (Fsp3) is 0.417. The van der Waals surface area contributed by atoms with Crippen LogP contribution < -0.4 is 4.72 Å². The van der Waals surface area contributed by atoms with Crippen molar-refractivity contribution in [2.24, 2.45) is 0 Å². The first kappa shape index (κ1) is 16.7. The molecule has 2 N–H and O–H groups in total. The molecule has 1 heterocycles. The van der Waals surface area contributed by atoms with Gasteiger partial charge >= 0.3 is 5.97 Å². The van der Waals surface area contributed by atoms with Crippen LogP contribution in [0.2, 0.25) is 0 Å². The number of nitrogens with one attached hydrogen (secondary N) is 1. The van der Waals surface area contributed by atoms with Gasteiger partial charge in [-0.15, -0.1) is 0 Å². The molecule has 0 saturated carbocycles. The average Bonchev–Trinajstić information content (AvgIpc) is 2.87. The molecular weight excluding hydrogens is 327 g/mol. The summed E-state index contributed by atoms with van der Waals surface area (Å²) in [6.07, 6.45) is -3.14. The van der Waals surface area contributed by atoms with E-state index >= 15 is 0 Å². The Balaban J connectivity index is 2.42. The molecule has 0 aromatic heterocycles. The largest absolute Gasteiger partial charge is 0.480 e. The van der Waals surface area contributed by atoms with E-state index in [1.807, 2.05) is 4.72 Å². The number of carbonyl (C=O) groups is 1. The summed E-state index contributed by atoms with van der Waals surface area (Å²) in [7, 11) is -4.65. The topological polar surface area (TPSA) is 92.7 Å². The van der Waals surface area contributed by atoms with E-state index in [0.29, 0.717) is 12.1 Å². The number of rotatable bonds is 5. The van der Waals surface area contributed by atoms with Crippen LogP contribution in [0.5, 0.6) is 0 Å². The number of carboxylic acid groups (broad SMARTS) is 1. The van der Waals surface area contributed by atoms with Crippen molar-refractivity contribution >= 4 is 16.0 Å². The van der Waals surface area contributed by atoms with Crippen LogP contribution in [0, 0.1) is 5.82 Å². The summed E-state index contributed by atoms with van der Waals surface area (Å²) in [5.41, 5.74) is -2.62. The first-order valence-electron chi connectivity index (χ1n) is 6.11. The smallest absolute Gasteiger partial charge is 0.327 e. The molecule has 1 aliphatic heterocycles. The predicted molar refractivity (Wildman–Crippen MR) is 67.5 cm³/mol. The molecule has 0 amide bonds. The number of hydrogen-bond donors (Lipinski definition) is 2. The van der Waals surface area contributed by atoms with Gasteiger partial charge in [0.1, 0.15) is 10.7 Å². The third-order valence-corrected chi connectivity index (χ3v) is 4.81. The van der Waals surface area contributed by atoms with E-state index in [1.54, 1.807) is 0 Å². The first-order chi connectivity index (χ1) is 10.2. The maximum absolute atomic E-state index is 13.7. The Morgan fingerprint density at radius 1 is 1.41 bits per heavy atom. The molecule has 2 rings (SSSR count). The van der Waals surface area contributed by atoms with Crippen molar-refractivity contribution in [3.63, 3.8) is 0 Å². The molecular formula is C12H12F3NO5S. The van der Waals surface area contributed by atoms with E-state index in [0.717, 1.165) is 6.07 Å². The molecule has 1 saturated heterocycles. The normalized spacial score (nSPS) is 22.2. The average molecular weight is 339 g/mol. The summed E-state index contributed by atoms with van der Waals surface area (Å²) in [6, 6.07) is 1.83. The van der Waals surface area contributed by atoms with E-state index in [1.165, 1.54) is 0 Å². The lowest BCUT2D eigenvalue weighted by atomic mass is 10.0. The Morgan fingerprint density at radius 2 is 2.09 bits per heavy atom. The maximum atomic E-state index is 13.7. The summed E-state index contributed by atoms with van der Waals surface area (Å²) in [4.78, 5) is 10.2. The molecule has 10 heteroatoms. The third kappa shape index (κ3) is 3.08. The highest BCUT2D eigenvalue weighted by Crippen LogP contribution is 2.27. The zero-order valence-corrected chi connectivity index (χ0v) is 11.9. The fourth-order valence-corrected chi connectivity index (χ4v) is 3.52. The molecule has 0 aliphatic carbocycles. The Morgan fingerprint density at radius 3 is 2.59 bits per heavy atom. The van der Waals surface area contributed by atoms with Crippen molar-refractivity contribution in [1.29, 1.82) is 0 Å². The number of aliphatic carboxylic acids is 1. The van der Waals surface area contributed by atoms with E-state index < -0.39 is 50.8 Å². The van der Waals surface area contributed by atoms with Gasteiger partial charge in [-0.1, -0.05) is 6.07 Å². The highest BCUT2D eigenvalue weighted by atomic mass is 32.2. The number of benzene rings is 1. The Labute approximate surface area is 123 Å². The predicted octanol–water partition coefficient (Wildman–Crippen LogP) is 1.29. The van der Waals surface area contributed by atoms with Crippen molar-refractivity contribution in [1.82, 2.24) is 4.72 Å². The summed E-state index contributed by atoms with van der Waals surface area (Å²) in [5, 5.41) is 9.17. The van der Waals surface area contributed by atoms with Gasteiger partial charge in [0.2, 0.25) is 10.0 Å². The summed E-state index contributed by atoms with van der Waals surface area (Å²) >= 11 is 0. The second kappa shape index (κ2) is 5.86. The standard InChI is InChI=1S/C12H12F3NO5S/c13-8-2-1-7(10(14)15)5-9(8)22(19,20)16-12(11(17)18)3-4-21-6-12/h1-2,5,10,16H,3-4,6H2,(H,17,18). The van der Waals surface area contributed by atoms with Crippen LogP contribution in [0.15, 0.2) is 23.1 Å². The lowest BCUT2D eigenvalue weighted by Crippen LogP contribution is -2.55. The second-order valence-corrected chi connectivity index (χ2v) is 6.44. The molecule has 1 unspecified atom stereocenters. The number of sulfonamides is 1. The van der Waals surface area contributed by atoms with Gasteiger partial charge in [-0.2, -0.15) is 4.72 Å². The lowest BCUT2D eigenvalue weighted by molar-refractivity contribution is -0.144. The molecule has 1 atom stereocenters. The molecule has 0 bridgehead atoms. The van der Waals surface area contributed by atoms with Crippen molar-refractivity contribution in [2.75, 3.05) is 13.2 Å². The minimum absolute atomic E-state index is 0.00831. The summed E-state index contributed by atoms with van der Waals surface area (Å²) in [6.45, 7) is -0.425. The second-order valence-electron chi connectivity index (χ2n) is 4.79. The van der Waals surface area contributed by atoms with Crippen molar-refractivity contribution < 1.29 is 36.2 Å². The molecule has 0 radical (unpaired) electrons. The quantitative estimate of drug-likeness (QED) is 0.843. The molecule has 0 spiro atoms. The van der Waals surface area contributed by atoms with Crippen molar-refractivity contribution in [3.05, 3.63) is 29.6 Å². The monoisotopic (exact) mass is 339 g/mol. The first-order valence-corrected chi connectivity index (χ1v) is 7.59. The SMILES string of the molecule is O=C(O)C1(NS(=O)(=O)c2cc(C(F)F)ccc2F)CCOC1. The maximum Gasteiger partial charge on any atom is 0.327 e. The molecule has 1 aromatic rings. The van der Waals surface area contributed by atoms with E-state index in [9.17, 15) is 26.4 Å². The van der Waals surface area contributed by atoms with E-state index in [4.69, 9.17) is 9.84 Å². The highest BCUT2D eigenvalue weighted by molar-refractivity contribution is 7.89. The van der Waals surface area contributed by atoms with E-state index in [2.05, 4.69) is 0 Å². The molecule has 22 heavy (non-hydrogen) atoms. The van der Waals surface area contributed by atoms with Crippen LogP contribution in [-0.4, -0.2) is 38.2 Å². The minimum atomic E-state index is -4.65. The molecule has 1 aromatic carbocycles. The zero-order valence-electron chi connectivity index (χ0n) is 11.1. The molecule has 6 nitrogen and oxygen atoms in total. The van der Waals surface area contributed by atoms with E-state index in [-0.39, 0.29) is 13.0 Å². The zero-order chi connectivity index (χ0) is 16.5. The van der Waals surface area contributed by atoms with Gasteiger partial charge in [0.25, 0.3) is 6.43 Å². The lowest BCUT2D eigenvalue weighted by Gasteiger charge is -2.23. The van der Waals surface area contributed by atoms with Crippen molar-refractivity contribution in [2.45, 2.75) is 23.3 Å². The van der Waals surface area contributed by atoms with Crippen LogP contribution in [0.4, 0.5) is 13.2 Å². The molecule has 122 valence electrons. The minimum Gasteiger partial charge on any atom is -0.480 e.